The number of aryl methyl sites for hydroxylation is 1. The number of rotatable bonds is 3. The fourth-order valence-electron chi connectivity index (χ4n) is 2.03. The molecule has 0 saturated carbocycles. The van der Waals surface area contributed by atoms with Gasteiger partial charge < -0.3 is 19.9 Å². The predicted molar refractivity (Wildman–Crippen MR) is 71.7 cm³/mol. The Balaban J connectivity index is 1.89. The molecule has 1 aliphatic rings. The molecule has 0 fully saturated rings. The van der Waals surface area contributed by atoms with E-state index in [4.69, 9.17) is 19.9 Å². The Morgan fingerprint density at radius 3 is 2.79 bits per heavy atom. The van der Waals surface area contributed by atoms with Crippen molar-refractivity contribution in [3.63, 3.8) is 0 Å². The summed E-state index contributed by atoms with van der Waals surface area (Å²) in [7, 11) is 0. The topological polar surface area (TPSA) is 53.7 Å². The molecule has 1 aliphatic heterocycles. The zero-order valence-corrected chi connectivity index (χ0v) is 10.7. The second kappa shape index (κ2) is 4.82. The Hall–Kier alpha value is -2.20. The van der Waals surface area contributed by atoms with Crippen molar-refractivity contribution < 1.29 is 14.2 Å². The van der Waals surface area contributed by atoms with Gasteiger partial charge in [-0.25, -0.2) is 0 Å². The number of hydrogen-bond donors (Lipinski definition) is 1. The Labute approximate surface area is 111 Å². The van der Waals surface area contributed by atoms with E-state index in [0.29, 0.717) is 18.0 Å². The van der Waals surface area contributed by atoms with Crippen LogP contribution in [-0.2, 0) is 6.54 Å². The molecule has 0 bridgehead atoms. The summed E-state index contributed by atoms with van der Waals surface area (Å²) >= 11 is 0. The molecule has 0 saturated heterocycles. The zero-order valence-electron chi connectivity index (χ0n) is 10.7. The molecule has 2 N–H and O–H groups in total. The van der Waals surface area contributed by atoms with Gasteiger partial charge in [0.2, 0.25) is 6.79 Å². The summed E-state index contributed by atoms with van der Waals surface area (Å²) < 4.78 is 16.5. The lowest BCUT2D eigenvalue weighted by atomic mass is 10.1. The van der Waals surface area contributed by atoms with Gasteiger partial charge in [-0.15, -0.1) is 0 Å². The van der Waals surface area contributed by atoms with E-state index in [1.807, 2.05) is 43.3 Å². The number of hydrogen-bond acceptors (Lipinski definition) is 4. The van der Waals surface area contributed by atoms with Crippen LogP contribution in [0, 0.1) is 6.92 Å². The molecule has 0 aliphatic carbocycles. The van der Waals surface area contributed by atoms with Crippen LogP contribution in [0.25, 0.3) is 0 Å². The van der Waals surface area contributed by atoms with Crippen LogP contribution in [0.2, 0.25) is 0 Å². The largest absolute Gasteiger partial charge is 0.457 e. The van der Waals surface area contributed by atoms with E-state index in [0.717, 1.165) is 17.1 Å². The maximum atomic E-state index is 5.87. The predicted octanol–water partition coefficient (Wildman–Crippen LogP) is 2.97. The monoisotopic (exact) mass is 257 g/mol. The molecule has 2 aromatic carbocycles. The summed E-state index contributed by atoms with van der Waals surface area (Å²) in [6.07, 6.45) is 0. The first-order chi connectivity index (χ1) is 9.26. The fourth-order valence-corrected chi connectivity index (χ4v) is 2.03. The van der Waals surface area contributed by atoms with Gasteiger partial charge in [-0.1, -0.05) is 17.7 Å². The molecule has 0 spiro atoms. The summed E-state index contributed by atoms with van der Waals surface area (Å²) in [5.74, 6) is 2.93. The van der Waals surface area contributed by atoms with Crippen LogP contribution >= 0.6 is 0 Å². The van der Waals surface area contributed by atoms with E-state index in [-0.39, 0.29) is 6.79 Å². The average molecular weight is 257 g/mol. The minimum atomic E-state index is 0.261. The van der Waals surface area contributed by atoms with Gasteiger partial charge in [0.15, 0.2) is 11.5 Å². The molecule has 0 unspecified atom stereocenters. The first kappa shape index (κ1) is 11.9. The van der Waals surface area contributed by atoms with Gasteiger partial charge >= 0.3 is 0 Å². The highest BCUT2D eigenvalue weighted by Crippen LogP contribution is 2.37. The molecule has 0 aromatic heterocycles. The Morgan fingerprint density at radius 1 is 1.11 bits per heavy atom. The van der Waals surface area contributed by atoms with Crippen LogP contribution in [0.15, 0.2) is 36.4 Å². The van der Waals surface area contributed by atoms with E-state index in [1.165, 1.54) is 5.56 Å². The van der Waals surface area contributed by atoms with Crippen LogP contribution in [0.1, 0.15) is 11.1 Å². The molecule has 4 heteroatoms. The molecule has 19 heavy (non-hydrogen) atoms. The maximum Gasteiger partial charge on any atom is 0.231 e. The first-order valence-electron chi connectivity index (χ1n) is 6.13. The van der Waals surface area contributed by atoms with E-state index in [2.05, 4.69) is 0 Å². The molecule has 2 aromatic rings. The third-order valence-electron chi connectivity index (χ3n) is 3.01. The van der Waals surface area contributed by atoms with Crippen molar-refractivity contribution in [2.24, 2.45) is 5.73 Å². The smallest absolute Gasteiger partial charge is 0.231 e. The second-order valence-corrected chi connectivity index (χ2v) is 4.43. The van der Waals surface area contributed by atoms with Crippen LogP contribution < -0.4 is 19.9 Å². The third-order valence-corrected chi connectivity index (χ3v) is 3.01. The molecular formula is C15H15NO3. The molecule has 0 radical (unpaired) electrons. The van der Waals surface area contributed by atoms with Gasteiger partial charge in [0, 0.05) is 18.2 Å². The highest BCUT2D eigenvalue weighted by atomic mass is 16.7. The molecule has 0 amide bonds. The molecule has 1 heterocycles. The van der Waals surface area contributed by atoms with Gasteiger partial charge in [-0.2, -0.15) is 0 Å². The number of nitrogens with two attached hydrogens (primary N) is 1. The van der Waals surface area contributed by atoms with E-state index < -0.39 is 0 Å². The summed E-state index contributed by atoms with van der Waals surface area (Å²) in [6, 6.07) is 11.5. The van der Waals surface area contributed by atoms with E-state index in [9.17, 15) is 0 Å². The molecule has 0 atom stereocenters. The zero-order chi connectivity index (χ0) is 13.2. The van der Waals surface area contributed by atoms with Crippen molar-refractivity contribution in [1.82, 2.24) is 0 Å². The normalized spacial score (nSPS) is 12.5. The highest BCUT2D eigenvalue weighted by Gasteiger charge is 2.14. The van der Waals surface area contributed by atoms with Crippen molar-refractivity contribution in [3.05, 3.63) is 47.5 Å². The SMILES string of the molecule is Cc1ccc(Oc2ccc3c(c2)OCO3)c(CN)c1. The lowest BCUT2D eigenvalue weighted by molar-refractivity contribution is 0.174. The molecular weight excluding hydrogens is 242 g/mol. The lowest BCUT2D eigenvalue weighted by Crippen LogP contribution is -2.00. The van der Waals surface area contributed by atoms with Gasteiger partial charge in [0.1, 0.15) is 11.5 Å². The Morgan fingerprint density at radius 2 is 1.95 bits per heavy atom. The highest BCUT2D eigenvalue weighted by molar-refractivity contribution is 5.49. The Bertz CT molecular complexity index is 610. The fraction of sp³-hybridized carbons (Fsp3) is 0.200. The third kappa shape index (κ3) is 2.35. The molecule has 3 rings (SSSR count). The molecule has 4 nitrogen and oxygen atoms in total. The second-order valence-electron chi connectivity index (χ2n) is 4.43. The first-order valence-corrected chi connectivity index (χ1v) is 6.13. The van der Waals surface area contributed by atoms with Crippen molar-refractivity contribution >= 4 is 0 Å². The minimum Gasteiger partial charge on any atom is -0.457 e. The molecule has 98 valence electrons. The van der Waals surface area contributed by atoms with Gasteiger partial charge in [-0.3, -0.25) is 0 Å². The van der Waals surface area contributed by atoms with Gasteiger partial charge in [0.05, 0.1) is 0 Å². The quantitative estimate of drug-likeness (QED) is 0.918. The summed E-state index contributed by atoms with van der Waals surface area (Å²) in [6.45, 7) is 2.74. The van der Waals surface area contributed by atoms with Crippen LogP contribution in [-0.4, -0.2) is 6.79 Å². The summed E-state index contributed by atoms with van der Waals surface area (Å²) in [5, 5.41) is 0. The standard InChI is InChI=1S/C15H15NO3/c1-10-2-4-13(11(6-10)8-16)19-12-3-5-14-15(7-12)18-9-17-14/h2-7H,8-9,16H2,1H3. The lowest BCUT2D eigenvalue weighted by Gasteiger charge is -2.11. The van der Waals surface area contributed by atoms with Crippen LogP contribution in [0.4, 0.5) is 0 Å². The van der Waals surface area contributed by atoms with Crippen molar-refractivity contribution in [1.29, 1.82) is 0 Å². The van der Waals surface area contributed by atoms with Crippen molar-refractivity contribution in [2.75, 3.05) is 6.79 Å². The van der Waals surface area contributed by atoms with Crippen molar-refractivity contribution in [3.8, 4) is 23.0 Å². The van der Waals surface area contributed by atoms with Gasteiger partial charge in [0.25, 0.3) is 0 Å². The van der Waals surface area contributed by atoms with Crippen LogP contribution in [0.5, 0.6) is 23.0 Å². The van der Waals surface area contributed by atoms with Crippen LogP contribution in [0.3, 0.4) is 0 Å². The van der Waals surface area contributed by atoms with E-state index in [1.54, 1.807) is 0 Å². The van der Waals surface area contributed by atoms with Crippen molar-refractivity contribution in [2.45, 2.75) is 13.5 Å². The summed E-state index contributed by atoms with van der Waals surface area (Å²) in [4.78, 5) is 0. The van der Waals surface area contributed by atoms with E-state index >= 15 is 0 Å². The van der Waals surface area contributed by atoms with Gasteiger partial charge in [-0.05, 0) is 25.1 Å². The number of ether oxygens (including phenoxy) is 3. The minimum absolute atomic E-state index is 0.261. The maximum absolute atomic E-state index is 5.87. The summed E-state index contributed by atoms with van der Waals surface area (Å²) in [5.41, 5.74) is 7.89. The Kier molecular flexibility index (Phi) is 3.01. The average Bonchev–Trinajstić information content (AvgIpc) is 2.88. The number of fused-ring (bicyclic) bond motifs is 1. The number of benzene rings is 2.